The first-order valence-electron chi connectivity index (χ1n) is 6.44. The van der Waals surface area contributed by atoms with E-state index < -0.39 is 0 Å². The second kappa shape index (κ2) is 5.58. The number of nitrogens with one attached hydrogen (secondary N) is 1. The van der Waals surface area contributed by atoms with Crippen LogP contribution >= 0.6 is 0 Å². The van der Waals surface area contributed by atoms with Gasteiger partial charge in [-0.3, -0.25) is 4.79 Å². The molecule has 0 bridgehead atoms. The largest absolute Gasteiger partial charge is 0.497 e. The number of ether oxygens (including phenoxy) is 1. The standard InChI is InChI=1S/C16H13N3O2/c1-21-13-9-7-11(8-10-13)14-15(18-19-17-14)16(20)12-5-3-2-4-6-12/h2-10H,1H3,(H,17,18,19). The SMILES string of the molecule is COc1ccc(-c2n[nH]nc2C(=O)c2ccccc2)cc1. The van der Waals surface area contributed by atoms with Crippen molar-refractivity contribution in [3.63, 3.8) is 0 Å². The van der Waals surface area contributed by atoms with Gasteiger partial charge in [-0.15, -0.1) is 0 Å². The maximum absolute atomic E-state index is 12.5. The molecule has 1 aromatic heterocycles. The molecule has 0 aliphatic carbocycles. The van der Waals surface area contributed by atoms with Crippen LogP contribution in [0.25, 0.3) is 11.3 Å². The fourth-order valence-electron chi connectivity index (χ4n) is 2.07. The number of aromatic amines is 1. The Labute approximate surface area is 121 Å². The minimum absolute atomic E-state index is 0.157. The summed E-state index contributed by atoms with van der Waals surface area (Å²) in [5.41, 5.74) is 2.24. The van der Waals surface area contributed by atoms with E-state index >= 15 is 0 Å². The number of aromatic nitrogens is 3. The molecule has 0 spiro atoms. The fourth-order valence-corrected chi connectivity index (χ4v) is 2.07. The molecule has 0 saturated heterocycles. The van der Waals surface area contributed by atoms with Crippen LogP contribution in [0, 0.1) is 0 Å². The number of rotatable bonds is 4. The molecule has 21 heavy (non-hydrogen) atoms. The van der Waals surface area contributed by atoms with Crippen molar-refractivity contribution in [2.75, 3.05) is 7.11 Å². The number of ketones is 1. The van der Waals surface area contributed by atoms with Crippen molar-refractivity contribution in [3.8, 4) is 17.0 Å². The molecule has 3 aromatic rings. The molecule has 0 aliphatic heterocycles. The highest BCUT2D eigenvalue weighted by Crippen LogP contribution is 2.24. The first kappa shape index (κ1) is 13.1. The van der Waals surface area contributed by atoms with E-state index in [1.165, 1.54) is 0 Å². The van der Waals surface area contributed by atoms with Crippen molar-refractivity contribution in [2.24, 2.45) is 0 Å². The van der Waals surface area contributed by atoms with Gasteiger partial charge in [0, 0.05) is 11.1 Å². The zero-order chi connectivity index (χ0) is 14.7. The summed E-state index contributed by atoms with van der Waals surface area (Å²) in [6.07, 6.45) is 0. The highest BCUT2D eigenvalue weighted by molar-refractivity contribution is 6.10. The van der Waals surface area contributed by atoms with Crippen LogP contribution in [0.1, 0.15) is 16.1 Å². The Hall–Kier alpha value is -2.95. The third kappa shape index (κ3) is 2.53. The molecule has 3 rings (SSSR count). The van der Waals surface area contributed by atoms with Gasteiger partial charge in [0.05, 0.1) is 7.11 Å². The van der Waals surface area contributed by atoms with E-state index in [9.17, 15) is 4.79 Å². The van der Waals surface area contributed by atoms with Crippen LogP contribution in [-0.2, 0) is 0 Å². The van der Waals surface area contributed by atoms with Gasteiger partial charge < -0.3 is 4.74 Å². The average molecular weight is 279 g/mol. The molecule has 1 heterocycles. The highest BCUT2D eigenvalue weighted by Gasteiger charge is 2.19. The molecule has 0 amide bonds. The monoisotopic (exact) mass is 279 g/mol. The Morgan fingerprint density at radius 1 is 1.00 bits per heavy atom. The number of carbonyl (C=O) groups excluding carboxylic acids is 1. The summed E-state index contributed by atoms with van der Waals surface area (Å²) in [6.45, 7) is 0. The molecule has 0 aliphatic rings. The summed E-state index contributed by atoms with van der Waals surface area (Å²) in [7, 11) is 1.61. The van der Waals surface area contributed by atoms with Crippen LogP contribution in [-0.4, -0.2) is 28.3 Å². The van der Waals surface area contributed by atoms with Gasteiger partial charge in [0.2, 0.25) is 5.78 Å². The lowest BCUT2D eigenvalue weighted by molar-refractivity contribution is 0.103. The molecule has 0 unspecified atom stereocenters. The zero-order valence-corrected chi connectivity index (χ0v) is 11.4. The van der Waals surface area contributed by atoms with E-state index in [1.807, 2.05) is 42.5 Å². The highest BCUT2D eigenvalue weighted by atomic mass is 16.5. The molecule has 5 nitrogen and oxygen atoms in total. The van der Waals surface area contributed by atoms with Crippen LogP contribution in [0.2, 0.25) is 0 Å². The number of nitrogens with zero attached hydrogens (tertiary/aromatic N) is 2. The molecule has 1 N–H and O–H groups in total. The summed E-state index contributed by atoms with van der Waals surface area (Å²) in [4.78, 5) is 12.5. The summed E-state index contributed by atoms with van der Waals surface area (Å²) in [5, 5.41) is 10.6. The Morgan fingerprint density at radius 3 is 2.38 bits per heavy atom. The predicted molar refractivity (Wildman–Crippen MR) is 78.2 cm³/mol. The molecule has 2 aromatic carbocycles. The number of hydrogen-bond donors (Lipinski definition) is 1. The van der Waals surface area contributed by atoms with Crippen LogP contribution in [0.5, 0.6) is 5.75 Å². The Balaban J connectivity index is 1.99. The zero-order valence-electron chi connectivity index (χ0n) is 11.4. The van der Waals surface area contributed by atoms with E-state index in [-0.39, 0.29) is 5.78 Å². The predicted octanol–water partition coefficient (Wildman–Crippen LogP) is 2.71. The van der Waals surface area contributed by atoms with Gasteiger partial charge in [-0.2, -0.15) is 15.4 Å². The molecular formula is C16H13N3O2. The quantitative estimate of drug-likeness (QED) is 0.746. The number of hydrogen-bond acceptors (Lipinski definition) is 4. The Bertz CT molecular complexity index is 749. The lowest BCUT2D eigenvalue weighted by atomic mass is 10.0. The van der Waals surface area contributed by atoms with E-state index in [1.54, 1.807) is 19.2 Å². The van der Waals surface area contributed by atoms with E-state index in [0.717, 1.165) is 11.3 Å². The summed E-state index contributed by atoms with van der Waals surface area (Å²) < 4.78 is 5.12. The number of carbonyl (C=O) groups is 1. The van der Waals surface area contributed by atoms with Crippen LogP contribution in [0.3, 0.4) is 0 Å². The van der Waals surface area contributed by atoms with Gasteiger partial charge in [-0.25, -0.2) is 0 Å². The normalized spacial score (nSPS) is 10.3. The smallest absolute Gasteiger partial charge is 0.215 e. The molecule has 0 fully saturated rings. The minimum atomic E-state index is -0.157. The second-order valence-corrected chi connectivity index (χ2v) is 4.44. The lowest BCUT2D eigenvalue weighted by Crippen LogP contribution is -2.03. The minimum Gasteiger partial charge on any atom is -0.497 e. The van der Waals surface area contributed by atoms with Crippen molar-refractivity contribution < 1.29 is 9.53 Å². The third-order valence-corrected chi connectivity index (χ3v) is 3.16. The van der Waals surface area contributed by atoms with Crippen molar-refractivity contribution in [1.82, 2.24) is 15.4 Å². The van der Waals surface area contributed by atoms with Gasteiger partial charge in [0.25, 0.3) is 0 Å². The summed E-state index contributed by atoms with van der Waals surface area (Å²) in [5.74, 6) is 0.591. The topological polar surface area (TPSA) is 67.9 Å². The number of H-pyrrole nitrogens is 1. The fraction of sp³-hybridized carbons (Fsp3) is 0.0625. The van der Waals surface area contributed by atoms with E-state index in [4.69, 9.17) is 4.74 Å². The van der Waals surface area contributed by atoms with E-state index in [2.05, 4.69) is 15.4 Å². The molecule has 5 heteroatoms. The van der Waals surface area contributed by atoms with Crippen molar-refractivity contribution >= 4 is 5.78 Å². The third-order valence-electron chi connectivity index (χ3n) is 3.16. The molecule has 0 saturated carbocycles. The maximum Gasteiger partial charge on any atom is 0.215 e. The Morgan fingerprint density at radius 2 is 1.71 bits per heavy atom. The Kier molecular flexibility index (Phi) is 3.47. The lowest BCUT2D eigenvalue weighted by Gasteiger charge is -2.03. The van der Waals surface area contributed by atoms with Gasteiger partial charge in [0.15, 0.2) is 5.69 Å². The van der Waals surface area contributed by atoms with Crippen LogP contribution < -0.4 is 4.74 Å². The average Bonchev–Trinajstić information content (AvgIpc) is 3.04. The van der Waals surface area contributed by atoms with Gasteiger partial charge in [-0.05, 0) is 24.3 Å². The van der Waals surface area contributed by atoms with Crippen molar-refractivity contribution in [2.45, 2.75) is 0 Å². The van der Waals surface area contributed by atoms with E-state index in [0.29, 0.717) is 17.0 Å². The molecule has 0 atom stereocenters. The summed E-state index contributed by atoms with van der Waals surface area (Å²) >= 11 is 0. The van der Waals surface area contributed by atoms with Crippen molar-refractivity contribution in [1.29, 1.82) is 0 Å². The molecular weight excluding hydrogens is 266 g/mol. The van der Waals surface area contributed by atoms with Gasteiger partial charge in [-0.1, -0.05) is 30.3 Å². The van der Waals surface area contributed by atoms with Crippen LogP contribution in [0.4, 0.5) is 0 Å². The summed E-state index contributed by atoms with van der Waals surface area (Å²) in [6, 6.07) is 16.4. The number of methoxy groups -OCH3 is 1. The number of benzene rings is 2. The second-order valence-electron chi connectivity index (χ2n) is 4.44. The van der Waals surface area contributed by atoms with Gasteiger partial charge >= 0.3 is 0 Å². The first-order valence-corrected chi connectivity index (χ1v) is 6.44. The first-order chi connectivity index (χ1) is 10.3. The molecule has 0 radical (unpaired) electrons. The van der Waals surface area contributed by atoms with Crippen molar-refractivity contribution in [3.05, 3.63) is 65.9 Å². The van der Waals surface area contributed by atoms with Gasteiger partial charge in [0.1, 0.15) is 11.4 Å². The molecule has 104 valence electrons. The maximum atomic E-state index is 12.5. The van der Waals surface area contributed by atoms with Crippen LogP contribution in [0.15, 0.2) is 54.6 Å².